The molecule has 16 heavy (non-hydrogen) atoms. The molecule has 3 atom stereocenters. The summed E-state index contributed by atoms with van der Waals surface area (Å²) in [6.45, 7) is 2.81. The first-order valence-corrected chi connectivity index (χ1v) is 5.44. The van der Waals surface area contributed by atoms with E-state index < -0.39 is 6.10 Å². The van der Waals surface area contributed by atoms with Gasteiger partial charge in [-0.25, -0.2) is 4.39 Å². The van der Waals surface area contributed by atoms with Crippen LogP contribution in [0.25, 0.3) is 0 Å². The first-order valence-electron chi connectivity index (χ1n) is 5.44. The van der Waals surface area contributed by atoms with Crippen molar-refractivity contribution < 1.29 is 14.2 Å². The normalized spacial score (nSPS) is 26.9. The quantitative estimate of drug-likeness (QED) is 0.813. The first kappa shape index (κ1) is 11.5. The van der Waals surface area contributed by atoms with E-state index in [9.17, 15) is 9.50 Å². The molecule has 0 aromatic heterocycles. The molecule has 3 nitrogen and oxygen atoms in total. The number of hydrogen-bond donors (Lipinski definition) is 2. The van der Waals surface area contributed by atoms with Crippen LogP contribution >= 0.6 is 0 Å². The minimum Gasteiger partial charge on any atom is -0.389 e. The number of aliphatic hydroxyl groups is 1. The van der Waals surface area contributed by atoms with E-state index in [0.29, 0.717) is 13.2 Å². The number of ether oxygens (including phenoxy) is 1. The van der Waals surface area contributed by atoms with Crippen LogP contribution in [-0.2, 0) is 4.74 Å². The Morgan fingerprint density at radius 3 is 2.94 bits per heavy atom. The van der Waals surface area contributed by atoms with Gasteiger partial charge in [0.15, 0.2) is 0 Å². The van der Waals surface area contributed by atoms with Gasteiger partial charge in [0.1, 0.15) is 5.82 Å². The van der Waals surface area contributed by atoms with Crippen molar-refractivity contribution in [3.8, 4) is 0 Å². The summed E-state index contributed by atoms with van der Waals surface area (Å²) in [5, 5.41) is 12.8. The molecule has 1 aliphatic heterocycles. The van der Waals surface area contributed by atoms with Crippen molar-refractivity contribution in [3.63, 3.8) is 0 Å². The van der Waals surface area contributed by atoms with E-state index in [1.165, 1.54) is 12.1 Å². The van der Waals surface area contributed by atoms with E-state index in [-0.39, 0.29) is 17.9 Å². The summed E-state index contributed by atoms with van der Waals surface area (Å²) in [5.41, 5.74) is 0.874. The van der Waals surface area contributed by atoms with Crippen molar-refractivity contribution in [2.24, 2.45) is 0 Å². The summed E-state index contributed by atoms with van der Waals surface area (Å²) >= 11 is 0. The monoisotopic (exact) mass is 225 g/mol. The number of benzene rings is 1. The first-order chi connectivity index (χ1) is 7.66. The minimum atomic E-state index is -0.476. The molecule has 1 aromatic rings. The third-order valence-electron chi connectivity index (χ3n) is 2.86. The Bertz CT molecular complexity index is 359. The van der Waals surface area contributed by atoms with Gasteiger partial charge in [-0.1, -0.05) is 12.1 Å². The van der Waals surface area contributed by atoms with Gasteiger partial charge in [0.05, 0.1) is 25.4 Å². The Morgan fingerprint density at radius 2 is 2.31 bits per heavy atom. The maximum atomic E-state index is 13.0. The number of halogens is 1. The van der Waals surface area contributed by atoms with Gasteiger partial charge in [-0.05, 0) is 24.6 Å². The second kappa shape index (κ2) is 4.91. The number of rotatable bonds is 3. The second-order valence-electron chi connectivity index (χ2n) is 4.15. The largest absolute Gasteiger partial charge is 0.389 e. The molecule has 0 radical (unpaired) electrons. The predicted molar refractivity (Wildman–Crippen MR) is 58.6 cm³/mol. The highest BCUT2D eigenvalue weighted by Crippen LogP contribution is 2.16. The predicted octanol–water partition coefficient (Wildman–Crippen LogP) is 1.24. The van der Waals surface area contributed by atoms with Crippen LogP contribution in [0.5, 0.6) is 0 Å². The van der Waals surface area contributed by atoms with Gasteiger partial charge < -0.3 is 15.2 Å². The fourth-order valence-corrected chi connectivity index (χ4v) is 1.90. The minimum absolute atomic E-state index is 0.00273. The van der Waals surface area contributed by atoms with Gasteiger partial charge in [0.25, 0.3) is 0 Å². The lowest BCUT2D eigenvalue weighted by molar-refractivity contribution is 0.121. The molecule has 1 fully saturated rings. The molecule has 3 unspecified atom stereocenters. The van der Waals surface area contributed by atoms with E-state index in [4.69, 9.17) is 4.74 Å². The lowest BCUT2D eigenvalue weighted by Crippen LogP contribution is -2.40. The molecular weight excluding hydrogens is 209 g/mol. The molecule has 4 heteroatoms. The van der Waals surface area contributed by atoms with Gasteiger partial charge in [-0.3, -0.25) is 0 Å². The topological polar surface area (TPSA) is 41.5 Å². The van der Waals surface area contributed by atoms with E-state index in [1.807, 2.05) is 13.0 Å². The maximum Gasteiger partial charge on any atom is 0.123 e. The van der Waals surface area contributed by atoms with Gasteiger partial charge >= 0.3 is 0 Å². The summed E-state index contributed by atoms with van der Waals surface area (Å²) in [5.74, 6) is -0.241. The lowest BCUT2D eigenvalue weighted by Gasteiger charge is -2.21. The Balaban J connectivity index is 1.99. The molecule has 1 aromatic carbocycles. The average Bonchev–Trinajstić information content (AvgIpc) is 2.64. The molecule has 88 valence electrons. The Kier molecular flexibility index (Phi) is 3.53. The van der Waals surface area contributed by atoms with Gasteiger partial charge in [0.2, 0.25) is 0 Å². The summed E-state index contributed by atoms with van der Waals surface area (Å²) in [6, 6.07) is 6.40. The Morgan fingerprint density at radius 1 is 1.50 bits per heavy atom. The zero-order valence-corrected chi connectivity index (χ0v) is 9.19. The zero-order chi connectivity index (χ0) is 11.5. The third-order valence-corrected chi connectivity index (χ3v) is 2.86. The van der Waals surface area contributed by atoms with Crippen LogP contribution in [-0.4, -0.2) is 30.5 Å². The highest BCUT2D eigenvalue weighted by atomic mass is 19.1. The Hall–Kier alpha value is -0.970. The van der Waals surface area contributed by atoms with Crippen molar-refractivity contribution in [3.05, 3.63) is 35.6 Å². The molecule has 1 heterocycles. The summed E-state index contributed by atoms with van der Waals surface area (Å²) in [6.07, 6.45) is -0.476. The fourth-order valence-electron chi connectivity index (χ4n) is 1.90. The molecule has 0 bridgehead atoms. The standard InChI is InChI=1S/C12H16FNO2/c1-8(9-3-2-4-10(13)5-9)14-11-6-16-7-12(11)15/h2-5,8,11-12,14-15H,6-7H2,1H3. The van der Waals surface area contributed by atoms with Crippen LogP contribution in [0.4, 0.5) is 4.39 Å². The van der Waals surface area contributed by atoms with Crippen molar-refractivity contribution in [1.29, 1.82) is 0 Å². The molecule has 2 N–H and O–H groups in total. The van der Waals surface area contributed by atoms with Gasteiger partial charge in [0, 0.05) is 6.04 Å². The average molecular weight is 225 g/mol. The fraction of sp³-hybridized carbons (Fsp3) is 0.500. The highest BCUT2D eigenvalue weighted by molar-refractivity contribution is 5.19. The second-order valence-corrected chi connectivity index (χ2v) is 4.15. The van der Waals surface area contributed by atoms with Crippen LogP contribution in [0, 0.1) is 5.82 Å². The molecule has 2 rings (SSSR count). The molecule has 0 saturated carbocycles. The molecule has 1 saturated heterocycles. The molecular formula is C12H16FNO2. The van der Waals surface area contributed by atoms with Crippen LogP contribution < -0.4 is 5.32 Å². The molecule has 0 aliphatic carbocycles. The number of nitrogens with one attached hydrogen (secondary N) is 1. The van der Waals surface area contributed by atoms with E-state index in [0.717, 1.165) is 5.56 Å². The lowest BCUT2D eigenvalue weighted by atomic mass is 10.1. The third kappa shape index (κ3) is 2.58. The highest BCUT2D eigenvalue weighted by Gasteiger charge is 2.27. The SMILES string of the molecule is CC(NC1COCC1O)c1cccc(F)c1. The number of aliphatic hydroxyl groups excluding tert-OH is 1. The van der Waals surface area contributed by atoms with Crippen LogP contribution in [0.15, 0.2) is 24.3 Å². The van der Waals surface area contributed by atoms with E-state index in [2.05, 4.69) is 5.32 Å². The molecule has 1 aliphatic rings. The van der Waals surface area contributed by atoms with Crippen LogP contribution in [0.1, 0.15) is 18.5 Å². The van der Waals surface area contributed by atoms with Crippen molar-refractivity contribution in [1.82, 2.24) is 5.32 Å². The smallest absolute Gasteiger partial charge is 0.123 e. The summed E-state index contributed by atoms with van der Waals surface area (Å²) in [4.78, 5) is 0. The van der Waals surface area contributed by atoms with Crippen molar-refractivity contribution in [2.45, 2.75) is 25.1 Å². The van der Waals surface area contributed by atoms with Crippen LogP contribution in [0.3, 0.4) is 0 Å². The zero-order valence-electron chi connectivity index (χ0n) is 9.19. The summed E-state index contributed by atoms with van der Waals surface area (Å²) < 4.78 is 18.2. The van der Waals surface area contributed by atoms with Crippen molar-refractivity contribution >= 4 is 0 Å². The van der Waals surface area contributed by atoms with Crippen LogP contribution in [0.2, 0.25) is 0 Å². The van der Waals surface area contributed by atoms with E-state index >= 15 is 0 Å². The number of hydrogen-bond acceptors (Lipinski definition) is 3. The van der Waals surface area contributed by atoms with Gasteiger partial charge in [-0.15, -0.1) is 0 Å². The maximum absolute atomic E-state index is 13.0. The molecule has 0 amide bonds. The Labute approximate surface area is 94.2 Å². The summed E-state index contributed by atoms with van der Waals surface area (Å²) in [7, 11) is 0. The van der Waals surface area contributed by atoms with Crippen molar-refractivity contribution in [2.75, 3.05) is 13.2 Å². The van der Waals surface area contributed by atoms with Gasteiger partial charge in [-0.2, -0.15) is 0 Å². The van der Waals surface area contributed by atoms with E-state index in [1.54, 1.807) is 6.07 Å². The molecule has 0 spiro atoms.